The molecule has 0 aliphatic carbocycles. The molecule has 0 saturated carbocycles. The van der Waals surface area contributed by atoms with Crippen LogP contribution in [0, 0.1) is 0 Å². The number of pyridine rings is 1. The van der Waals surface area contributed by atoms with Gasteiger partial charge in [-0.05, 0) is 31.5 Å². The molecule has 1 aliphatic heterocycles. The molecule has 0 amide bonds. The van der Waals surface area contributed by atoms with E-state index in [1.165, 1.54) is 10.9 Å². The summed E-state index contributed by atoms with van der Waals surface area (Å²) in [5.41, 5.74) is 2.68. The molecule has 0 spiro atoms. The van der Waals surface area contributed by atoms with Crippen LogP contribution in [0.25, 0.3) is 10.9 Å². The Morgan fingerprint density at radius 3 is 2.95 bits per heavy atom. The molecule has 1 saturated heterocycles. The number of rotatable bonds is 2. The zero-order valence-corrected chi connectivity index (χ0v) is 11.7. The first-order valence-corrected chi connectivity index (χ1v) is 6.95. The van der Waals surface area contributed by atoms with Gasteiger partial charge in [0, 0.05) is 43.3 Å². The molecule has 3 rings (SSSR count). The number of fused-ring (bicyclic) bond motifs is 1. The van der Waals surface area contributed by atoms with E-state index in [0.29, 0.717) is 0 Å². The maximum atomic E-state index is 4.44. The molecule has 0 unspecified atom stereocenters. The van der Waals surface area contributed by atoms with Gasteiger partial charge in [0.2, 0.25) is 0 Å². The quantitative estimate of drug-likeness (QED) is 0.893. The molecular weight excluding hydrogens is 234 g/mol. The van der Waals surface area contributed by atoms with E-state index in [0.717, 1.165) is 31.7 Å². The molecule has 100 valence electrons. The summed E-state index contributed by atoms with van der Waals surface area (Å²) in [6, 6.07) is 10.6. The van der Waals surface area contributed by atoms with Crippen LogP contribution in [0.15, 0.2) is 36.5 Å². The third-order valence-corrected chi connectivity index (χ3v) is 4.07. The zero-order chi connectivity index (χ0) is 13.3. The van der Waals surface area contributed by atoms with Gasteiger partial charge < -0.3 is 5.32 Å². The molecule has 1 aliphatic rings. The number of nitrogens with zero attached hydrogens (tertiary/aromatic N) is 2. The predicted octanol–water partition coefficient (Wildman–Crippen LogP) is 2.42. The Hall–Kier alpha value is -1.45. The second-order valence-electron chi connectivity index (χ2n) is 5.90. The van der Waals surface area contributed by atoms with Gasteiger partial charge in [0.1, 0.15) is 0 Å². The summed E-state index contributed by atoms with van der Waals surface area (Å²) >= 11 is 0. The van der Waals surface area contributed by atoms with Crippen LogP contribution in [0.3, 0.4) is 0 Å². The first-order valence-electron chi connectivity index (χ1n) is 6.95. The van der Waals surface area contributed by atoms with E-state index in [-0.39, 0.29) is 5.54 Å². The van der Waals surface area contributed by atoms with E-state index < -0.39 is 0 Å². The molecule has 0 bridgehead atoms. The van der Waals surface area contributed by atoms with Crippen molar-refractivity contribution in [3.05, 3.63) is 42.1 Å². The van der Waals surface area contributed by atoms with Crippen molar-refractivity contribution in [1.29, 1.82) is 0 Å². The van der Waals surface area contributed by atoms with Crippen LogP contribution in [0.5, 0.6) is 0 Å². The van der Waals surface area contributed by atoms with Crippen molar-refractivity contribution in [1.82, 2.24) is 15.2 Å². The topological polar surface area (TPSA) is 28.2 Å². The Labute approximate surface area is 114 Å². The van der Waals surface area contributed by atoms with Crippen molar-refractivity contribution in [3.63, 3.8) is 0 Å². The Balaban J connectivity index is 1.93. The highest BCUT2D eigenvalue weighted by Gasteiger charge is 2.29. The normalized spacial score (nSPS) is 19.7. The average Bonchev–Trinajstić information content (AvgIpc) is 2.41. The number of hydrogen-bond donors (Lipinski definition) is 1. The van der Waals surface area contributed by atoms with Crippen LogP contribution >= 0.6 is 0 Å². The number of aromatic nitrogens is 1. The third kappa shape index (κ3) is 2.48. The summed E-state index contributed by atoms with van der Waals surface area (Å²) in [4.78, 5) is 7.00. The van der Waals surface area contributed by atoms with Crippen LogP contribution in [0.1, 0.15) is 19.4 Å². The summed E-state index contributed by atoms with van der Waals surface area (Å²) in [5, 5.41) is 4.75. The van der Waals surface area contributed by atoms with E-state index in [2.05, 4.69) is 53.3 Å². The van der Waals surface area contributed by atoms with Crippen LogP contribution < -0.4 is 5.32 Å². The fraction of sp³-hybridized carbons (Fsp3) is 0.438. The third-order valence-electron chi connectivity index (χ3n) is 4.07. The van der Waals surface area contributed by atoms with E-state index in [1.807, 2.05) is 12.3 Å². The fourth-order valence-electron chi connectivity index (χ4n) is 2.81. The van der Waals surface area contributed by atoms with E-state index in [9.17, 15) is 0 Å². The number of nitrogens with one attached hydrogen (secondary N) is 1. The van der Waals surface area contributed by atoms with Crippen molar-refractivity contribution in [2.75, 3.05) is 19.6 Å². The minimum Gasteiger partial charge on any atom is -0.314 e. The molecule has 3 heteroatoms. The van der Waals surface area contributed by atoms with Gasteiger partial charge >= 0.3 is 0 Å². The molecule has 0 radical (unpaired) electrons. The van der Waals surface area contributed by atoms with Gasteiger partial charge in [-0.15, -0.1) is 0 Å². The Kier molecular flexibility index (Phi) is 3.25. The van der Waals surface area contributed by atoms with Crippen molar-refractivity contribution in [3.8, 4) is 0 Å². The summed E-state index contributed by atoms with van der Waals surface area (Å²) in [7, 11) is 0. The first kappa shape index (κ1) is 12.6. The van der Waals surface area contributed by atoms with Gasteiger partial charge in [0.25, 0.3) is 0 Å². The lowest BCUT2D eigenvalue weighted by atomic mass is 9.98. The molecule has 0 atom stereocenters. The number of hydrogen-bond acceptors (Lipinski definition) is 3. The molecule has 1 fully saturated rings. The smallest absolute Gasteiger partial charge is 0.0705 e. The summed E-state index contributed by atoms with van der Waals surface area (Å²) < 4.78 is 0. The average molecular weight is 255 g/mol. The van der Waals surface area contributed by atoms with Gasteiger partial charge in [0.15, 0.2) is 0 Å². The lowest BCUT2D eigenvalue weighted by molar-refractivity contribution is 0.0832. The van der Waals surface area contributed by atoms with Gasteiger partial charge in [-0.3, -0.25) is 9.88 Å². The molecule has 2 aromatic rings. The lowest BCUT2D eigenvalue weighted by Crippen LogP contribution is -2.57. The molecular formula is C16H21N3. The second-order valence-corrected chi connectivity index (χ2v) is 5.90. The monoisotopic (exact) mass is 255 g/mol. The number of piperazine rings is 1. The van der Waals surface area contributed by atoms with E-state index in [4.69, 9.17) is 0 Å². The van der Waals surface area contributed by atoms with Crippen molar-refractivity contribution in [2.24, 2.45) is 0 Å². The first-order chi connectivity index (χ1) is 9.17. The summed E-state index contributed by atoms with van der Waals surface area (Å²) in [6.07, 6.45) is 1.92. The lowest BCUT2D eigenvalue weighted by Gasteiger charge is -2.43. The van der Waals surface area contributed by atoms with Crippen molar-refractivity contribution >= 4 is 10.9 Å². The summed E-state index contributed by atoms with van der Waals surface area (Å²) in [5.74, 6) is 0. The van der Waals surface area contributed by atoms with E-state index >= 15 is 0 Å². The van der Waals surface area contributed by atoms with Gasteiger partial charge in [-0.25, -0.2) is 0 Å². The molecule has 1 aromatic heterocycles. The second kappa shape index (κ2) is 4.91. The Bertz CT molecular complexity index is 572. The Morgan fingerprint density at radius 1 is 1.26 bits per heavy atom. The maximum Gasteiger partial charge on any atom is 0.0705 e. The van der Waals surface area contributed by atoms with Crippen LogP contribution in [0.2, 0.25) is 0 Å². The maximum absolute atomic E-state index is 4.44. The van der Waals surface area contributed by atoms with Crippen LogP contribution in [0.4, 0.5) is 0 Å². The van der Waals surface area contributed by atoms with Crippen molar-refractivity contribution in [2.45, 2.75) is 25.9 Å². The molecule has 1 aromatic carbocycles. The number of benzene rings is 1. The highest BCUT2D eigenvalue weighted by molar-refractivity contribution is 5.81. The standard InChI is InChI=1S/C16H21N3/c1-16(2)12-17-9-10-19(16)11-13-7-8-18-15-6-4-3-5-14(13)15/h3-8,17H,9-12H2,1-2H3. The molecule has 1 N–H and O–H groups in total. The van der Waals surface area contributed by atoms with Gasteiger partial charge in [-0.2, -0.15) is 0 Å². The van der Waals surface area contributed by atoms with Gasteiger partial charge in [-0.1, -0.05) is 18.2 Å². The number of para-hydroxylation sites is 1. The zero-order valence-electron chi connectivity index (χ0n) is 11.7. The van der Waals surface area contributed by atoms with Crippen LogP contribution in [-0.4, -0.2) is 35.1 Å². The molecule has 2 heterocycles. The summed E-state index contributed by atoms with van der Waals surface area (Å²) in [6.45, 7) is 8.84. The molecule has 19 heavy (non-hydrogen) atoms. The highest BCUT2D eigenvalue weighted by Crippen LogP contribution is 2.23. The fourth-order valence-corrected chi connectivity index (χ4v) is 2.81. The highest BCUT2D eigenvalue weighted by atomic mass is 15.2. The van der Waals surface area contributed by atoms with Gasteiger partial charge in [0.05, 0.1) is 5.52 Å². The largest absolute Gasteiger partial charge is 0.314 e. The SMILES string of the molecule is CC1(C)CNCCN1Cc1ccnc2ccccc12. The molecule has 3 nitrogen and oxygen atoms in total. The van der Waals surface area contributed by atoms with Crippen LogP contribution in [-0.2, 0) is 6.54 Å². The van der Waals surface area contributed by atoms with E-state index in [1.54, 1.807) is 0 Å². The Morgan fingerprint density at radius 2 is 2.11 bits per heavy atom. The van der Waals surface area contributed by atoms with Crippen molar-refractivity contribution < 1.29 is 0 Å². The predicted molar refractivity (Wildman–Crippen MR) is 79.1 cm³/mol. The minimum atomic E-state index is 0.211. The minimum absolute atomic E-state index is 0.211.